The van der Waals surface area contributed by atoms with E-state index in [2.05, 4.69) is 18.2 Å². The van der Waals surface area contributed by atoms with E-state index in [1.807, 2.05) is 11.0 Å². The SMILES string of the molecule is NCc1cccc(C2CCN(C(=O)C=Cc3ccc(O)c(CO)c3)CC2)c1. The Balaban J connectivity index is 1.58. The lowest BCUT2D eigenvalue weighted by molar-refractivity contribution is -0.126. The minimum absolute atomic E-state index is 0.0113. The Kier molecular flexibility index (Phi) is 6.27. The van der Waals surface area contributed by atoms with Crippen molar-refractivity contribution < 1.29 is 15.0 Å². The van der Waals surface area contributed by atoms with Crippen molar-refractivity contribution in [2.24, 2.45) is 5.73 Å². The number of benzene rings is 2. The summed E-state index contributed by atoms with van der Waals surface area (Å²) in [6, 6.07) is 13.3. The van der Waals surface area contributed by atoms with E-state index in [1.54, 1.807) is 24.3 Å². The van der Waals surface area contributed by atoms with E-state index in [0.717, 1.165) is 37.1 Å². The van der Waals surface area contributed by atoms with Crippen molar-refractivity contribution in [3.05, 3.63) is 70.8 Å². The molecule has 0 bridgehead atoms. The molecule has 1 amide bonds. The number of aromatic hydroxyl groups is 1. The van der Waals surface area contributed by atoms with Gasteiger partial charge in [-0.3, -0.25) is 4.79 Å². The molecule has 1 heterocycles. The Hall–Kier alpha value is -2.63. The van der Waals surface area contributed by atoms with Gasteiger partial charge in [0, 0.05) is 31.3 Å². The summed E-state index contributed by atoms with van der Waals surface area (Å²) < 4.78 is 0. The van der Waals surface area contributed by atoms with Crippen LogP contribution in [-0.2, 0) is 17.9 Å². The highest BCUT2D eigenvalue weighted by atomic mass is 16.3. The van der Waals surface area contributed by atoms with Gasteiger partial charge in [-0.25, -0.2) is 0 Å². The monoisotopic (exact) mass is 366 g/mol. The molecular formula is C22H26N2O3. The number of nitrogens with two attached hydrogens (primary N) is 1. The zero-order chi connectivity index (χ0) is 19.2. The molecule has 3 rings (SSSR count). The molecule has 1 aliphatic rings. The maximum atomic E-state index is 12.5. The second-order valence-corrected chi connectivity index (χ2v) is 6.93. The summed E-state index contributed by atoms with van der Waals surface area (Å²) in [6.07, 6.45) is 5.17. The van der Waals surface area contributed by atoms with E-state index in [4.69, 9.17) is 5.73 Å². The lowest BCUT2D eigenvalue weighted by Gasteiger charge is -2.31. The van der Waals surface area contributed by atoms with Crippen molar-refractivity contribution in [1.29, 1.82) is 0 Å². The number of nitrogens with zero attached hydrogens (tertiary/aromatic N) is 1. The summed E-state index contributed by atoms with van der Waals surface area (Å²) in [5.74, 6) is 0.512. The number of carbonyl (C=O) groups excluding carboxylic acids is 1. The Morgan fingerprint density at radius 1 is 1.19 bits per heavy atom. The summed E-state index contributed by atoms with van der Waals surface area (Å²) in [5.41, 5.74) is 9.41. The van der Waals surface area contributed by atoms with Crippen LogP contribution >= 0.6 is 0 Å². The third-order valence-corrected chi connectivity index (χ3v) is 5.16. The first-order chi connectivity index (χ1) is 13.1. The smallest absolute Gasteiger partial charge is 0.246 e. The summed E-state index contributed by atoms with van der Waals surface area (Å²) in [4.78, 5) is 14.3. The Labute approximate surface area is 159 Å². The number of carbonyl (C=O) groups is 1. The minimum atomic E-state index is -0.236. The largest absolute Gasteiger partial charge is 0.508 e. The molecule has 4 N–H and O–H groups in total. The standard InChI is InChI=1S/C22H26N2O3/c23-14-17-2-1-3-19(13-17)18-8-10-24(11-9-18)22(27)7-5-16-4-6-21(26)20(12-16)15-25/h1-7,12-13,18,25-26H,8-11,14-15,23H2. The molecule has 142 valence electrons. The number of aliphatic hydroxyl groups is 1. The van der Waals surface area contributed by atoms with Gasteiger partial charge in [-0.2, -0.15) is 0 Å². The van der Waals surface area contributed by atoms with Gasteiger partial charge in [0.05, 0.1) is 6.61 Å². The van der Waals surface area contributed by atoms with Crippen LogP contribution in [-0.4, -0.2) is 34.1 Å². The number of likely N-dealkylation sites (tertiary alicyclic amines) is 1. The third kappa shape index (κ3) is 4.76. The molecular weight excluding hydrogens is 340 g/mol. The molecule has 0 saturated carbocycles. The van der Waals surface area contributed by atoms with E-state index < -0.39 is 0 Å². The molecule has 2 aromatic rings. The van der Waals surface area contributed by atoms with Crippen LogP contribution in [0.4, 0.5) is 0 Å². The summed E-state index contributed by atoms with van der Waals surface area (Å²) >= 11 is 0. The maximum absolute atomic E-state index is 12.5. The number of amides is 1. The molecule has 0 unspecified atom stereocenters. The van der Waals surface area contributed by atoms with E-state index in [0.29, 0.717) is 18.0 Å². The summed E-state index contributed by atoms with van der Waals surface area (Å²) in [6.45, 7) is 1.78. The molecule has 0 aliphatic carbocycles. The fourth-order valence-electron chi connectivity index (χ4n) is 3.52. The number of piperidine rings is 1. The lowest BCUT2D eigenvalue weighted by Crippen LogP contribution is -2.36. The Bertz CT molecular complexity index is 824. The van der Waals surface area contributed by atoms with E-state index in [-0.39, 0.29) is 18.3 Å². The van der Waals surface area contributed by atoms with Crippen LogP contribution in [0, 0.1) is 0 Å². The van der Waals surface area contributed by atoms with Crippen LogP contribution < -0.4 is 5.73 Å². The third-order valence-electron chi connectivity index (χ3n) is 5.16. The molecule has 2 aromatic carbocycles. The molecule has 5 nitrogen and oxygen atoms in total. The number of hydrogen-bond acceptors (Lipinski definition) is 4. The van der Waals surface area contributed by atoms with Crippen LogP contribution in [0.1, 0.15) is 41.0 Å². The fourth-order valence-corrected chi connectivity index (χ4v) is 3.52. The number of aliphatic hydroxyl groups excluding tert-OH is 1. The molecule has 5 heteroatoms. The van der Waals surface area contributed by atoms with Gasteiger partial charge in [0.25, 0.3) is 0 Å². The molecule has 1 fully saturated rings. The number of phenols is 1. The summed E-state index contributed by atoms with van der Waals surface area (Å²) in [7, 11) is 0. The van der Waals surface area contributed by atoms with Crippen LogP contribution in [0.3, 0.4) is 0 Å². The highest BCUT2D eigenvalue weighted by Crippen LogP contribution is 2.28. The lowest BCUT2D eigenvalue weighted by atomic mass is 9.88. The quantitative estimate of drug-likeness (QED) is 0.710. The van der Waals surface area contributed by atoms with E-state index in [9.17, 15) is 15.0 Å². The van der Waals surface area contributed by atoms with Gasteiger partial charge in [-0.05, 0) is 53.7 Å². The number of hydrogen-bond donors (Lipinski definition) is 3. The predicted molar refractivity (Wildman–Crippen MR) is 106 cm³/mol. The molecule has 0 atom stereocenters. The maximum Gasteiger partial charge on any atom is 0.246 e. The van der Waals surface area contributed by atoms with Gasteiger partial charge < -0.3 is 20.8 Å². The molecule has 1 aliphatic heterocycles. The first-order valence-corrected chi connectivity index (χ1v) is 9.29. The van der Waals surface area contributed by atoms with Crippen molar-refractivity contribution >= 4 is 12.0 Å². The van der Waals surface area contributed by atoms with Crippen LogP contribution in [0.2, 0.25) is 0 Å². The highest BCUT2D eigenvalue weighted by molar-refractivity contribution is 5.91. The van der Waals surface area contributed by atoms with Crippen molar-refractivity contribution in [3.8, 4) is 5.75 Å². The Morgan fingerprint density at radius 3 is 2.67 bits per heavy atom. The van der Waals surface area contributed by atoms with Gasteiger partial charge in [-0.15, -0.1) is 0 Å². The zero-order valence-corrected chi connectivity index (χ0v) is 15.3. The second-order valence-electron chi connectivity index (χ2n) is 6.93. The molecule has 0 spiro atoms. The fraction of sp³-hybridized carbons (Fsp3) is 0.318. The summed E-state index contributed by atoms with van der Waals surface area (Å²) in [5, 5.41) is 18.8. The van der Waals surface area contributed by atoms with Gasteiger partial charge >= 0.3 is 0 Å². The van der Waals surface area contributed by atoms with Gasteiger partial charge in [0.15, 0.2) is 0 Å². The van der Waals surface area contributed by atoms with Gasteiger partial charge in [-0.1, -0.05) is 30.3 Å². The predicted octanol–water partition coefficient (Wildman–Crippen LogP) is 2.76. The van der Waals surface area contributed by atoms with Gasteiger partial charge in [0.1, 0.15) is 5.75 Å². The molecule has 0 aromatic heterocycles. The molecule has 0 radical (unpaired) electrons. The van der Waals surface area contributed by atoms with Crippen molar-refractivity contribution in [2.75, 3.05) is 13.1 Å². The first kappa shape index (κ1) is 19.1. The van der Waals surface area contributed by atoms with Gasteiger partial charge in [0.2, 0.25) is 5.91 Å². The van der Waals surface area contributed by atoms with Crippen LogP contribution in [0.5, 0.6) is 5.75 Å². The topological polar surface area (TPSA) is 86.8 Å². The van der Waals surface area contributed by atoms with Crippen molar-refractivity contribution in [1.82, 2.24) is 4.90 Å². The number of rotatable bonds is 5. The Morgan fingerprint density at radius 2 is 1.96 bits per heavy atom. The first-order valence-electron chi connectivity index (χ1n) is 9.29. The average molecular weight is 366 g/mol. The van der Waals surface area contributed by atoms with Crippen LogP contribution in [0.25, 0.3) is 6.08 Å². The zero-order valence-electron chi connectivity index (χ0n) is 15.3. The average Bonchev–Trinajstić information content (AvgIpc) is 2.73. The second kappa shape index (κ2) is 8.84. The highest BCUT2D eigenvalue weighted by Gasteiger charge is 2.22. The van der Waals surface area contributed by atoms with Crippen LogP contribution in [0.15, 0.2) is 48.5 Å². The van der Waals surface area contributed by atoms with Crippen molar-refractivity contribution in [3.63, 3.8) is 0 Å². The molecule has 27 heavy (non-hydrogen) atoms. The normalized spacial score (nSPS) is 15.4. The van der Waals surface area contributed by atoms with E-state index in [1.165, 1.54) is 11.6 Å². The minimum Gasteiger partial charge on any atom is -0.508 e. The molecule has 1 saturated heterocycles. The van der Waals surface area contributed by atoms with E-state index >= 15 is 0 Å². The van der Waals surface area contributed by atoms with Crippen molar-refractivity contribution in [2.45, 2.75) is 31.9 Å².